The van der Waals surface area contributed by atoms with Crippen molar-refractivity contribution >= 4 is 41.1 Å². The van der Waals surface area contributed by atoms with Crippen molar-refractivity contribution in [3.63, 3.8) is 0 Å². The summed E-state index contributed by atoms with van der Waals surface area (Å²) in [7, 11) is 0. The first kappa shape index (κ1) is 23.9. The first-order chi connectivity index (χ1) is 15.5. The molecule has 1 spiro atoms. The van der Waals surface area contributed by atoms with Crippen molar-refractivity contribution in [1.82, 2.24) is 4.90 Å². The van der Waals surface area contributed by atoms with E-state index in [1.54, 1.807) is 30.3 Å². The third kappa shape index (κ3) is 4.59. The minimum absolute atomic E-state index is 0.0581. The third-order valence-electron chi connectivity index (χ3n) is 6.57. The molecule has 2 unspecified atom stereocenters. The molecule has 0 N–H and O–H groups in total. The van der Waals surface area contributed by atoms with E-state index in [1.807, 2.05) is 24.0 Å². The zero-order valence-corrected chi connectivity index (χ0v) is 20.8. The largest absolute Gasteiger partial charge is 0.377 e. The molecule has 1 amide bonds. The molecule has 33 heavy (non-hydrogen) atoms. The number of aliphatic imine (C=N–C) groups is 1. The van der Waals surface area contributed by atoms with Crippen molar-refractivity contribution in [2.75, 3.05) is 6.61 Å². The summed E-state index contributed by atoms with van der Waals surface area (Å²) in [6.07, 6.45) is 1.95. The van der Waals surface area contributed by atoms with Crippen LogP contribution in [0.3, 0.4) is 0 Å². The van der Waals surface area contributed by atoms with Crippen LogP contribution in [0.25, 0.3) is 0 Å². The SMILES string of the molecule is C[C@H](c1ccc(C=O)cc1)N1C(=O)C(c2cc(Cl)cc(Cl)c2)=NC12CCOC(C(C)(C)C)C2. The van der Waals surface area contributed by atoms with Crippen LogP contribution in [0, 0.1) is 5.41 Å². The molecule has 0 radical (unpaired) electrons. The third-order valence-corrected chi connectivity index (χ3v) is 7.00. The molecule has 0 saturated carbocycles. The van der Waals surface area contributed by atoms with Crippen LogP contribution in [0.5, 0.6) is 0 Å². The Labute approximate surface area is 204 Å². The topological polar surface area (TPSA) is 59.0 Å². The minimum Gasteiger partial charge on any atom is -0.377 e. The van der Waals surface area contributed by atoms with Crippen LogP contribution in [0.15, 0.2) is 47.5 Å². The monoisotopic (exact) mass is 486 g/mol. The number of hydrogen-bond donors (Lipinski definition) is 0. The summed E-state index contributed by atoms with van der Waals surface area (Å²) in [5.41, 5.74) is 1.67. The van der Waals surface area contributed by atoms with E-state index in [9.17, 15) is 9.59 Å². The number of nitrogens with zero attached hydrogens (tertiary/aromatic N) is 2. The molecule has 1 saturated heterocycles. The van der Waals surface area contributed by atoms with Gasteiger partial charge in [0.15, 0.2) is 0 Å². The van der Waals surface area contributed by atoms with E-state index in [0.29, 0.717) is 46.3 Å². The number of rotatable bonds is 4. The van der Waals surface area contributed by atoms with Gasteiger partial charge >= 0.3 is 0 Å². The zero-order chi connectivity index (χ0) is 24.0. The van der Waals surface area contributed by atoms with E-state index in [4.69, 9.17) is 32.9 Å². The van der Waals surface area contributed by atoms with Gasteiger partial charge < -0.3 is 9.64 Å². The number of aldehydes is 1. The van der Waals surface area contributed by atoms with Crippen LogP contribution in [0.1, 0.15) is 68.1 Å². The van der Waals surface area contributed by atoms with Crippen molar-refractivity contribution in [3.8, 4) is 0 Å². The van der Waals surface area contributed by atoms with E-state index in [2.05, 4.69) is 20.8 Å². The first-order valence-corrected chi connectivity index (χ1v) is 11.9. The molecule has 0 aliphatic carbocycles. The van der Waals surface area contributed by atoms with Crippen molar-refractivity contribution < 1.29 is 14.3 Å². The van der Waals surface area contributed by atoms with Gasteiger partial charge in [-0.3, -0.25) is 14.6 Å². The summed E-state index contributed by atoms with van der Waals surface area (Å²) in [5, 5.41) is 0.912. The second kappa shape index (κ2) is 8.86. The van der Waals surface area contributed by atoms with Crippen LogP contribution in [0.4, 0.5) is 0 Å². The predicted molar refractivity (Wildman–Crippen MR) is 131 cm³/mol. The van der Waals surface area contributed by atoms with E-state index < -0.39 is 5.66 Å². The number of hydrogen-bond acceptors (Lipinski definition) is 4. The fraction of sp³-hybridized carbons (Fsp3) is 0.423. The number of carbonyl (C=O) groups is 2. The number of benzene rings is 2. The number of halogens is 2. The number of carbonyl (C=O) groups excluding carboxylic acids is 2. The van der Waals surface area contributed by atoms with Gasteiger partial charge in [-0.1, -0.05) is 68.2 Å². The van der Waals surface area contributed by atoms with Crippen LogP contribution in [-0.4, -0.2) is 41.2 Å². The Kier molecular flexibility index (Phi) is 6.43. The highest BCUT2D eigenvalue weighted by molar-refractivity contribution is 6.47. The van der Waals surface area contributed by atoms with Gasteiger partial charge in [0.1, 0.15) is 17.7 Å². The molecule has 0 aromatic heterocycles. The summed E-state index contributed by atoms with van der Waals surface area (Å²) in [5.74, 6) is -0.158. The average Bonchev–Trinajstić information content (AvgIpc) is 3.03. The lowest BCUT2D eigenvalue weighted by Crippen LogP contribution is -2.55. The Morgan fingerprint density at radius 1 is 1.15 bits per heavy atom. The summed E-state index contributed by atoms with van der Waals surface area (Å²) in [6.45, 7) is 8.93. The van der Waals surface area contributed by atoms with Crippen molar-refractivity contribution in [3.05, 3.63) is 69.2 Å². The molecule has 5 nitrogen and oxygen atoms in total. The average molecular weight is 487 g/mol. The molecule has 2 aromatic carbocycles. The van der Waals surface area contributed by atoms with Crippen molar-refractivity contribution in [2.45, 2.75) is 58.3 Å². The molecular weight excluding hydrogens is 459 g/mol. The molecular formula is C26H28Cl2N2O3. The van der Waals surface area contributed by atoms with Crippen LogP contribution < -0.4 is 0 Å². The zero-order valence-electron chi connectivity index (χ0n) is 19.3. The normalized spacial score (nSPS) is 24.2. The summed E-state index contributed by atoms with van der Waals surface area (Å²) in [6, 6.07) is 12.2. The highest BCUT2D eigenvalue weighted by atomic mass is 35.5. The van der Waals surface area contributed by atoms with Crippen molar-refractivity contribution in [1.29, 1.82) is 0 Å². The molecule has 2 aliphatic heterocycles. The second-order valence-electron chi connectivity index (χ2n) is 9.92. The molecule has 3 atom stereocenters. The quantitative estimate of drug-likeness (QED) is 0.489. The highest BCUT2D eigenvalue weighted by Crippen LogP contribution is 2.46. The molecule has 0 bridgehead atoms. The van der Waals surface area contributed by atoms with Crippen LogP contribution in [0.2, 0.25) is 10.0 Å². The number of amides is 1. The Morgan fingerprint density at radius 3 is 2.36 bits per heavy atom. The van der Waals surface area contributed by atoms with E-state index >= 15 is 0 Å². The maximum absolute atomic E-state index is 13.9. The van der Waals surface area contributed by atoms with Gasteiger partial charge in [0.25, 0.3) is 5.91 Å². The molecule has 7 heteroatoms. The lowest BCUT2D eigenvalue weighted by Gasteiger charge is -2.47. The Balaban J connectivity index is 1.81. The van der Waals surface area contributed by atoms with E-state index in [1.165, 1.54) is 0 Å². The van der Waals surface area contributed by atoms with Crippen molar-refractivity contribution in [2.24, 2.45) is 10.4 Å². The Hall–Kier alpha value is -2.21. The summed E-state index contributed by atoms with van der Waals surface area (Å²) < 4.78 is 6.12. The molecule has 2 aromatic rings. The molecule has 174 valence electrons. The predicted octanol–water partition coefficient (Wildman–Crippen LogP) is 6.12. The molecule has 2 heterocycles. The van der Waals surface area contributed by atoms with E-state index in [0.717, 1.165) is 11.8 Å². The van der Waals surface area contributed by atoms with E-state index in [-0.39, 0.29) is 23.5 Å². The van der Waals surface area contributed by atoms with Gasteiger partial charge in [-0.15, -0.1) is 0 Å². The summed E-state index contributed by atoms with van der Waals surface area (Å²) >= 11 is 12.5. The smallest absolute Gasteiger partial charge is 0.275 e. The minimum atomic E-state index is -0.736. The molecule has 2 aliphatic rings. The standard InChI is InChI=1S/C26H28Cl2N2O3/c1-16(18-7-5-17(15-31)6-8-18)30-24(32)23(19-11-20(27)13-21(28)12-19)29-26(30)9-10-33-22(14-26)25(2,3)4/h5-8,11-13,15-16,22H,9-10,14H2,1-4H3/t16-,22?,26?/m1/s1. The second-order valence-corrected chi connectivity index (χ2v) is 10.8. The lowest BCUT2D eigenvalue weighted by atomic mass is 9.80. The fourth-order valence-electron chi connectivity index (χ4n) is 4.73. The molecule has 4 rings (SSSR count). The Bertz CT molecular complexity index is 1090. The molecule has 1 fully saturated rings. The van der Waals surface area contributed by atoms with Gasteiger partial charge in [0.05, 0.1) is 18.8 Å². The van der Waals surface area contributed by atoms with Gasteiger partial charge in [0, 0.05) is 34.0 Å². The van der Waals surface area contributed by atoms with Crippen LogP contribution in [-0.2, 0) is 9.53 Å². The lowest BCUT2D eigenvalue weighted by molar-refractivity contribution is -0.144. The van der Waals surface area contributed by atoms with Gasteiger partial charge in [-0.05, 0) is 36.1 Å². The highest BCUT2D eigenvalue weighted by Gasteiger charge is 2.53. The summed E-state index contributed by atoms with van der Waals surface area (Å²) in [4.78, 5) is 32.0. The number of ether oxygens (including phenoxy) is 1. The van der Waals surface area contributed by atoms with Gasteiger partial charge in [-0.2, -0.15) is 0 Å². The Morgan fingerprint density at radius 2 is 1.79 bits per heavy atom. The van der Waals surface area contributed by atoms with Gasteiger partial charge in [0.2, 0.25) is 0 Å². The maximum atomic E-state index is 13.9. The maximum Gasteiger partial charge on any atom is 0.275 e. The van der Waals surface area contributed by atoms with Gasteiger partial charge in [-0.25, -0.2) is 0 Å². The fourth-order valence-corrected chi connectivity index (χ4v) is 5.26. The first-order valence-electron chi connectivity index (χ1n) is 11.1. The van der Waals surface area contributed by atoms with Crippen LogP contribution >= 0.6 is 23.2 Å².